The maximum Gasteiger partial charge on any atom is 0.140 e. The van der Waals surface area contributed by atoms with Crippen LogP contribution in [-0.2, 0) is 9.53 Å². The zero-order chi connectivity index (χ0) is 9.68. The molecule has 13 heavy (non-hydrogen) atoms. The van der Waals surface area contributed by atoms with Gasteiger partial charge in [0, 0.05) is 7.11 Å². The summed E-state index contributed by atoms with van der Waals surface area (Å²) in [7, 11) is 1.54. The second kappa shape index (κ2) is 5.00. The van der Waals surface area contributed by atoms with Crippen LogP contribution in [0.3, 0.4) is 0 Å². The second-order valence-electron chi connectivity index (χ2n) is 2.65. The minimum atomic E-state index is -0.632. The van der Waals surface area contributed by atoms with Crippen LogP contribution in [0.1, 0.15) is 11.7 Å². The van der Waals surface area contributed by atoms with Gasteiger partial charge < -0.3 is 9.53 Å². The minimum absolute atomic E-state index is 0.361. The predicted octanol–water partition coefficient (Wildman–Crippen LogP) is 2.18. The standard InChI is InChI=1S/C10H11ClO2/c1-13-10(9(11)7-12)8-5-3-2-4-6-8/h2-7,9-10H,1H3. The predicted molar refractivity (Wildman–Crippen MR) is 51.9 cm³/mol. The molecule has 0 heterocycles. The molecule has 0 saturated heterocycles. The Hall–Kier alpha value is -0.860. The molecule has 0 aliphatic carbocycles. The van der Waals surface area contributed by atoms with Gasteiger partial charge in [-0.3, -0.25) is 0 Å². The summed E-state index contributed by atoms with van der Waals surface area (Å²) in [6.07, 6.45) is 0.322. The number of aldehydes is 1. The van der Waals surface area contributed by atoms with Gasteiger partial charge >= 0.3 is 0 Å². The molecule has 0 radical (unpaired) electrons. The lowest BCUT2D eigenvalue weighted by molar-refractivity contribution is -0.109. The highest BCUT2D eigenvalue weighted by Crippen LogP contribution is 2.22. The number of rotatable bonds is 4. The Morgan fingerprint density at radius 3 is 2.46 bits per heavy atom. The van der Waals surface area contributed by atoms with Crippen molar-refractivity contribution < 1.29 is 9.53 Å². The van der Waals surface area contributed by atoms with Crippen molar-refractivity contribution in [3.63, 3.8) is 0 Å². The number of methoxy groups -OCH3 is 1. The van der Waals surface area contributed by atoms with E-state index in [1.165, 1.54) is 7.11 Å². The van der Waals surface area contributed by atoms with E-state index < -0.39 is 5.38 Å². The monoisotopic (exact) mass is 198 g/mol. The van der Waals surface area contributed by atoms with Gasteiger partial charge in [0.05, 0.1) is 0 Å². The zero-order valence-electron chi connectivity index (χ0n) is 7.31. The smallest absolute Gasteiger partial charge is 0.140 e. The quantitative estimate of drug-likeness (QED) is 0.548. The number of carbonyl (C=O) groups is 1. The maximum absolute atomic E-state index is 10.5. The van der Waals surface area contributed by atoms with Crippen LogP contribution in [0.4, 0.5) is 0 Å². The third kappa shape index (κ3) is 2.54. The first-order valence-corrected chi connectivity index (χ1v) is 4.40. The molecule has 2 unspecified atom stereocenters. The number of carbonyl (C=O) groups excluding carboxylic acids is 1. The van der Waals surface area contributed by atoms with Crippen LogP contribution in [-0.4, -0.2) is 18.8 Å². The van der Waals surface area contributed by atoms with Crippen molar-refractivity contribution in [3.8, 4) is 0 Å². The number of hydrogen-bond donors (Lipinski definition) is 0. The van der Waals surface area contributed by atoms with E-state index in [4.69, 9.17) is 16.3 Å². The third-order valence-corrected chi connectivity index (χ3v) is 2.13. The van der Waals surface area contributed by atoms with Gasteiger partial charge in [0.1, 0.15) is 17.8 Å². The van der Waals surface area contributed by atoms with Crippen LogP contribution in [0.25, 0.3) is 0 Å². The Kier molecular flexibility index (Phi) is 3.93. The van der Waals surface area contributed by atoms with Crippen LogP contribution < -0.4 is 0 Å². The highest BCUT2D eigenvalue weighted by atomic mass is 35.5. The van der Waals surface area contributed by atoms with Crippen molar-refractivity contribution in [2.75, 3.05) is 7.11 Å². The Balaban J connectivity index is 2.84. The topological polar surface area (TPSA) is 26.3 Å². The van der Waals surface area contributed by atoms with Gasteiger partial charge in [-0.15, -0.1) is 11.6 Å². The fourth-order valence-electron chi connectivity index (χ4n) is 1.16. The van der Waals surface area contributed by atoms with E-state index in [1.54, 1.807) is 0 Å². The van der Waals surface area contributed by atoms with Crippen LogP contribution in [0.2, 0.25) is 0 Å². The number of halogens is 1. The van der Waals surface area contributed by atoms with Crippen molar-refractivity contribution in [2.45, 2.75) is 11.5 Å². The first-order chi connectivity index (χ1) is 6.29. The number of alkyl halides is 1. The van der Waals surface area contributed by atoms with Gasteiger partial charge in [0.2, 0.25) is 0 Å². The lowest BCUT2D eigenvalue weighted by Gasteiger charge is -2.16. The molecule has 0 amide bonds. The third-order valence-electron chi connectivity index (χ3n) is 1.80. The average molecular weight is 199 g/mol. The summed E-state index contributed by atoms with van der Waals surface area (Å²) in [5.74, 6) is 0. The Morgan fingerprint density at radius 1 is 1.38 bits per heavy atom. The minimum Gasteiger partial charge on any atom is -0.375 e. The molecule has 2 nitrogen and oxygen atoms in total. The molecule has 0 spiro atoms. The average Bonchev–Trinajstić information content (AvgIpc) is 2.20. The Bertz CT molecular complexity index is 261. The lowest BCUT2D eigenvalue weighted by atomic mass is 10.1. The summed E-state index contributed by atoms with van der Waals surface area (Å²) >= 11 is 5.77. The molecular weight excluding hydrogens is 188 g/mol. The van der Waals surface area contributed by atoms with E-state index in [-0.39, 0.29) is 6.10 Å². The highest BCUT2D eigenvalue weighted by molar-refractivity contribution is 6.28. The van der Waals surface area contributed by atoms with E-state index >= 15 is 0 Å². The van der Waals surface area contributed by atoms with Crippen molar-refractivity contribution in [1.82, 2.24) is 0 Å². The summed E-state index contributed by atoms with van der Waals surface area (Å²) in [5, 5.41) is -0.632. The van der Waals surface area contributed by atoms with Gasteiger partial charge in [0.25, 0.3) is 0 Å². The normalized spacial score (nSPS) is 14.9. The molecule has 0 aliphatic heterocycles. The molecular formula is C10H11ClO2. The molecule has 3 heteroatoms. The van der Waals surface area contributed by atoms with Crippen molar-refractivity contribution >= 4 is 17.9 Å². The largest absolute Gasteiger partial charge is 0.375 e. The molecule has 0 N–H and O–H groups in total. The maximum atomic E-state index is 10.5. The van der Waals surface area contributed by atoms with Crippen LogP contribution in [0, 0.1) is 0 Å². The van der Waals surface area contributed by atoms with Crippen molar-refractivity contribution in [1.29, 1.82) is 0 Å². The van der Waals surface area contributed by atoms with E-state index in [1.807, 2.05) is 30.3 Å². The molecule has 1 aromatic carbocycles. The van der Waals surface area contributed by atoms with Gasteiger partial charge in [-0.2, -0.15) is 0 Å². The van der Waals surface area contributed by atoms with E-state index in [9.17, 15) is 4.79 Å². The summed E-state index contributed by atoms with van der Waals surface area (Å²) in [5.41, 5.74) is 0.914. The Morgan fingerprint density at radius 2 is 2.00 bits per heavy atom. The first kappa shape index (κ1) is 10.2. The van der Waals surface area contributed by atoms with Crippen LogP contribution in [0.15, 0.2) is 30.3 Å². The molecule has 0 aliphatic rings. The zero-order valence-corrected chi connectivity index (χ0v) is 8.07. The molecule has 0 saturated carbocycles. The van der Waals surface area contributed by atoms with E-state index in [2.05, 4.69) is 0 Å². The van der Waals surface area contributed by atoms with Gasteiger partial charge in [-0.25, -0.2) is 0 Å². The lowest BCUT2D eigenvalue weighted by Crippen LogP contribution is -2.15. The summed E-state index contributed by atoms with van der Waals surface area (Å²) < 4.78 is 5.13. The molecule has 0 bridgehead atoms. The number of ether oxygens (including phenoxy) is 1. The van der Waals surface area contributed by atoms with Gasteiger partial charge in [0.15, 0.2) is 0 Å². The summed E-state index contributed by atoms with van der Waals surface area (Å²) in [6.45, 7) is 0. The van der Waals surface area contributed by atoms with Crippen molar-refractivity contribution in [2.24, 2.45) is 0 Å². The second-order valence-corrected chi connectivity index (χ2v) is 3.15. The molecule has 0 fully saturated rings. The SMILES string of the molecule is COC(c1ccccc1)C(Cl)C=O. The molecule has 70 valence electrons. The summed E-state index contributed by atoms with van der Waals surface area (Å²) in [4.78, 5) is 10.5. The molecule has 0 aromatic heterocycles. The highest BCUT2D eigenvalue weighted by Gasteiger charge is 2.19. The molecule has 1 aromatic rings. The fourth-order valence-corrected chi connectivity index (χ4v) is 1.41. The molecule has 1 rings (SSSR count). The van der Waals surface area contributed by atoms with Crippen molar-refractivity contribution in [3.05, 3.63) is 35.9 Å². The molecule has 2 atom stereocenters. The number of hydrogen-bond acceptors (Lipinski definition) is 2. The van der Waals surface area contributed by atoms with Crippen LogP contribution in [0.5, 0.6) is 0 Å². The van der Waals surface area contributed by atoms with Gasteiger partial charge in [-0.1, -0.05) is 30.3 Å². The van der Waals surface area contributed by atoms with E-state index in [0.29, 0.717) is 6.29 Å². The summed E-state index contributed by atoms with van der Waals surface area (Å²) in [6, 6.07) is 9.44. The Labute approximate surface area is 82.5 Å². The van der Waals surface area contributed by atoms with E-state index in [0.717, 1.165) is 5.56 Å². The van der Waals surface area contributed by atoms with Crippen LogP contribution >= 0.6 is 11.6 Å². The fraction of sp³-hybridized carbons (Fsp3) is 0.300. The van der Waals surface area contributed by atoms with Gasteiger partial charge in [-0.05, 0) is 5.56 Å². The first-order valence-electron chi connectivity index (χ1n) is 3.96. The number of benzene rings is 1.